The number of benzene rings is 1. The van der Waals surface area contributed by atoms with Gasteiger partial charge in [-0.1, -0.05) is 24.8 Å². The SMILES string of the molecule is CC[C@@H]1CSC2=N[C@@H](c3ccccn3)[C@@H](c3cc(OC)c(N4CCCC4)cc3OC)N21. The van der Waals surface area contributed by atoms with Gasteiger partial charge in [0, 0.05) is 42.7 Å². The van der Waals surface area contributed by atoms with E-state index < -0.39 is 0 Å². The summed E-state index contributed by atoms with van der Waals surface area (Å²) in [6, 6.07) is 10.9. The fraction of sp³-hybridized carbons (Fsp3) is 0.500. The zero-order valence-corrected chi connectivity index (χ0v) is 19.3. The smallest absolute Gasteiger partial charge is 0.160 e. The molecule has 0 aliphatic carbocycles. The minimum atomic E-state index is -0.0608. The fourth-order valence-corrected chi connectivity index (χ4v) is 6.37. The number of aliphatic imine (C=N–C) groups is 1. The molecule has 2 fully saturated rings. The Kier molecular flexibility index (Phi) is 5.69. The number of thioether (sulfide) groups is 1. The number of anilines is 1. The summed E-state index contributed by atoms with van der Waals surface area (Å²) in [6.07, 6.45) is 5.38. The van der Waals surface area contributed by atoms with E-state index in [1.807, 2.05) is 30.1 Å². The lowest BCUT2D eigenvalue weighted by Gasteiger charge is -2.33. The highest BCUT2D eigenvalue weighted by Gasteiger charge is 2.46. The molecular weight excluding hydrogens is 408 g/mol. The van der Waals surface area contributed by atoms with Crippen molar-refractivity contribution in [3.05, 3.63) is 47.8 Å². The number of fused-ring (bicyclic) bond motifs is 1. The van der Waals surface area contributed by atoms with Crippen LogP contribution in [0.4, 0.5) is 5.69 Å². The lowest BCUT2D eigenvalue weighted by molar-refractivity contribution is 0.248. The number of hydrogen-bond donors (Lipinski definition) is 0. The van der Waals surface area contributed by atoms with E-state index in [1.54, 1.807) is 14.2 Å². The van der Waals surface area contributed by atoms with Gasteiger partial charge in [-0.25, -0.2) is 0 Å². The highest BCUT2D eigenvalue weighted by Crippen LogP contribution is 2.52. The molecule has 2 aromatic rings. The molecule has 0 amide bonds. The van der Waals surface area contributed by atoms with Crippen molar-refractivity contribution in [2.75, 3.05) is 38.0 Å². The zero-order chi connectivity index (χ0) is 21.4. The molecule has 0 radical (unpaired) electrons. The van der Waals surface area contributed by atoms with Gasteiger partial charge in [0.25, 0.3) is 0 Å². The summed E-state index contributed by atoms with van der Waals surface area (Å²) in [4.78, 5) is 14.7. The minimum absolute atomic E-state index is 0.0429. The van der Waals surface area contributed by atoms with Crippen LogP contribution in [0.1, 0.15) is 49.5 Å². The van der Waals surface area contributed by atoms with Crippen molar-refractivity contribution < 1.29 is 9.47 Å². The summed E-state index contributed by atoms with van der Waals surface area (Å²) in [5, 5.41) is 1.12. The summed E-state index contributed by atoms with van der Waals surface area (Å²) in [7, 11) is 3.53. The van der Waals surface area contributed by atoms with Crippen molar-refractivity contribution in [3.8, 4) is 11.5 Å². The largest absolute Gasteiger partial charge is 0.496 e. The molecule has 31 heavy (non-hydrogen) atoms. The van der Waals surface area contributed by atoms with Crippen molar-refractivity contribution in [2.24, 2.45) is 4.99 Å². The van der Waals surface area contributed by atoms with Crippen LogP contribution in [0.5, 0.6) is 11.5 Å². The third-order valence-corrected chi connectivity index (χ3v) is 7.75. The van der Waals surface area contributed by atoms with Crippen molar-refractivity contribution in [1.82, 2.24) is 9.88 Å². The van der Waals surface area contributed by atoms with E-state index in [1.165, 1.54) is 12.8 Å². The van der Waals surface area contributed by atoms with Gasteiger partial charge in [0.05, 0.1) is 31.6 Å². The predicted octanol–water partition coefficient (Wildman–Crippen LogP) is 4.68. The van der Waals surface area contributed by atoms with Crippen LogP contribution in [-0.2, 0) is 0 Å². The van der Waals surface area contributed by atoms with Crippen molar-refractivity contribution in [3.63, 3.8) is 0 Å². The maximum absolute atomic E-state index is 5.97. The highest BCUT2D eigenvalue weighted by atomic mass is 32.2. The Morgan fingerprint density at radius 3 is 2.58 bits per heavy atom. The van der Waals surface area contributed by atoms with Gasteiger partial charge in [-0.15, -0.1) is 0 Å². The first-order chi connectivity index (χ1) is 15.2. The second kappa shape index (κ2) is 8.61. The molecule has 0 saturated carbocycles. The quantitative estimate of drug-likeness (QED) is 0.653. The molecular formula is C24H30N4O2S. The average Bonchev–Trinajstić information content (AvgIpc) is 3.55. The summed E-state index contributed by atoms with van der Waals surface area (Å²) in [5.41, 5.74) is 3.24. The van der Waals surface area contributed by atoms with Crippen LogP contribution in [0, 0.1) is 0 Å². The van der Waals surface area contributed by atoms with Gasteiger partial charge in [-0.3, -0.25) is 9.98 Å². The average molecular weight is 439 g/mol. The van der Waals surface area contributed by atoms with Gasteiger partial charge in [-0.2, -0.15) is 0 Å². The van der Waals surface area contributed by atoms with Crippen LogP contribution in [0.15, 0.2) is 41.5 Å². The molecule has 5 rings (SSSR count). The molecule has 0 spiro atoms. The Balaban J connectivity index is 1.63. The number of methoxy groups -OCH3 is 2. The third-order valence-electron chi connectivity index (χ3n) is 6.63. The van der Waals surface area contributed by atoms with Crippen LogP contribution in [0.25, 0.3) is 0 Å². The van der Waals surface area contributed by atoms with Gasteiger partial charge in [0.2, 0.25) is 0 Å². The molecule has 3 aliphatic rings. The van der Waals surface area contributed by atoms with E-state index >= 15 is 0 Å². The summed E-state index contributed by atoms with van der Waals surface area (Å²) < 4.78 is 11.9. The molecule has 1 aromatic carbocycles. The van der Waals surface area contributed by atoms with E-state index in [4.69, 9.17) is 14.5 Å². The van der Waals surface area contributed by atoms with E-state index in [0.29, 0.717) is 6.04 Å². The number of ether oxygens (including phenoxy) is 2. The minimum Gasteiger partial charge on any atom is -0.496 e. The zero-order valence-electron chi connectivity index (χ0n) is 18.5. The lowest BCUT2D eigenvalue weighted by Crippen LogP contribution is -2.35. The van der Waals surface area contributed by atoms with Crippen molar-refractivity contribution in [1.29, 1.82) is 0 Å². The van der Waals surface area contributed by atoms with Gasteiger partial charge in [0.1, 0.15) is 17.5 Å². The first-order valence-corrected chi connectivity index (χ1v) is 12.1. The van der Waals surface area contributed by atoms with E-state index in [9.17, 15) is 0 Å². The molecule has 7 heteroatoms. The molecule has 4 heterocycles. The molecule has 2 saturated heterocycles. The molecule has 1 aromatic heterocycles. The Hall–Kier alpha value is -2.41. The molecule has 164 valence electrons. The Morgan fingerprint density at radius 2 is 1.90 bits per heavy atom. The number of pyridine rings is 1. The van der Waals surface area contributed by atoms with Gasteiger partial charge in [0.15, 0.2) is 5.17 Å². The summed E-state index contributed by atoms with van der Waals surface area (Å²) >= 11 is 1.86. The van der Waals surface area contributed by atoms with Gasteiger partial charge in [-0.05, 0) is 37.5 Å². The number of aromatic nitrogens is 1. The maximum atomic E-state index is 5.97. The topological polar surface area (TPSA) is 50.2 Å². The number of nitrogens with zero attached hydrogens (tertiary/aromatic N) is 4. The number of hydrogen-bond acceptors (Lipinski definition) is 7. The van der Waals surface area contributed by atoms with Crippen LogP contribution >= 0.6 is 11.8 Å². The second-order valence-corrected chi connectivity index (χ2v) is 9.28. The van der Waals surface area contributed by atoms with Gasteiger partial charge < -0.3 is 19.3 Å². The first kappa shape index (κ1) is 20.5. The van der Waals surface area contributed by atoms with Crippen molar-refractivity contribution in [2.45, 2.75) is 44.3 Å². The first-order valence-electron chi connectivity index (χ1n) is 11.2. The second-order valence-electron chi connectivity index (χ2n) is 8.30. The Morgan fingerprint density at radius 1 is 1.10 bits per heavy atom. The summed E-state index contributed by atoms with van der Waals surface area (Å²) in [6.45, 7) is 4.38. The van der Waals surface area contributed by atoms with E-state index in [-0.39, 0.29) is 12.1 Å². The van der Waals surface area contributed by atoms with Crippen LogP contribution < -0.4 is 14.4 Å². The monoisotopic (exact) mass is 438 g/mol. The molecule has 6 nitrogen and oxygen atoms in total. The molecule has 3 aliphatic heterocycles. The van der Waals surface area contributed by atoms with Crippen molar-refractivity contribution >= 4 is 22.6 Å². The Labute approximate surface area is 188 Å². The normalized spacial score (nSPS) is 25.0. The Bertz CT molecular complexity index is 962. The highest BCUT2D eigenvalue weighted by molar-refractivity contribution is 8.14. The molecule has 0 bridgehead atoms. The molecule has 0 unspecified atom stereocenters. The van der Waals surface area contributed by atoms with Gasteiger partial charge >= 0.3 is 0 Å². The molecule has 0 N–H and O–H groups in total. The molecule has 3 atom stereocenters. The van der Waals surface area contributed by atoms with Crippen LogP contribution in [-0.4, -0.2) is 54.2 Å². The lowest BCUT2D eigenvalue weighted by atomic mass is 9.93. The predicted molar refractivity (Wildman–Crippen MR) is 127 cm³/mol. The summed E-state index contributed by atoms with van der Waals surface area (Å²) in [5.74, 6) is 2.88. The third kappa shape index (κ3) is 3.53. The number of amidine groups is 1. The number of rotatable bonds is 6. The van der Waals surface area contributed by atoms with E-state index in [2.05, 4.69) is 39.9 Å². The fourth-order valence-electron chi connectivity index (χ4n) is 5.03. The van der Waals surface area contributed by atoms with Crippen LogP contribution in [0.2, 0.25) is 0 Å². The van der Waals surface area contributed by atoms with E-state index in [0.717, 1.165) is 58.9 Å². The van der Waals surface area contributed by atoms with Crippen LogP contribution in [0.3, 0.4) is 0 Å². The maximum Gasteiger partial charge on any atom is 0.160 e. The standard InChI is InChI=1S/C24H30N4O2S/c1-4-16-15-31-24-26-22(18-9-5-6-10-25-18)23(28(16)24)17-13-21(30-3)19(14-20(17)29-2)27-11-7-8-12-27/h5-6,9-10,13-14,16,22-23H,4,7-8,11-12,15H2,1-3H3/t16-,22+,23-/m1/s1.